The average Bonchev–Trinajstić information content (AvgIpc) is 3.19. The number of nitrogen functional groups attached to an aromatic ring is 1. The van der Waals surface area contributed by atoms with Crippen molar-refractivity contribution in [3.05, 3.63) is 53.1 Å². The van der Waals surface area contributed by atoms with Gasteiger partial charge in [0.05, 0.1) is 0 Å². The number of halogens is 1. The molecular weight excluding hydrogens is 345 g/mol. The van der Waals surface area contributed by atoms with Gasteiger partial charge in [-0.25, -0.2) is 0 Å². The minimum atomic E-state index is 0.0866. The van der Waals surface area contributed by atoms with Crippen LogP contribution < -0.4 is 26.9 Å². The van der Waals surface area contributed by atoms with Crippen molar-refractivity contribution < 1.29 is 21.2 Å². The molecule has 0 spiro atoms. The van der Waals surface area contributed by atoms with Crippen LogP contribution in [0.2, 0.25) is 0 Å². The van der Waals surface area contributed by atoms with E-state index in [9.17, 15) is 0 Å². The van der Waals surface area contributed by atoms with Crippen molar-refractivity contribution in [2.75, 3.05) is 10.2 Å². The topological polar surface area (TPSA) is 26.0 Å². The Morgan fingerprint density at radius 1 is 1.05 bits per heavy atom. The SMILES string of the molecule is CC1(C)c2cc(N)ccc2-c2ccc(C3C[I-]3)cc21. The number of hydrogen-bond acceptors (Lipinski definition) is 1. The van der Waals surface area contributed by atoms with Crippen LogP contribution >= 0.6 is 0 Å². The molecule has 4 rings (SSSR count). The first-order chi connectivity index (χ1) is 9.07. The van der Waals surface area contributed by atoms with Gasteiger partial charge in [-0.2, -0.15) is 0 Å². The molecule has 2 aliphatic rings. The van der Waals surface area contributed by atoms with E-state index in [0.29, 0.717) is 21.2 Å². The van der Waals surface area contributed by atoms with E-state index in [-0.39, 0.29) is 5.41 Å². The number of nitrogens with two attached hydrogens (primary N) is 1. The summed E-state index contributed by atoms with van der Waals surface area (Å²) in [6, 6.07) is 13.5. The van der Waals surface area contributed by atoms with Gasteiger partial charge in [-0.1, -0.05) is 0 Å². The monoisotopic (exact) mass is 362 g/mol. The molecule has 1 atom stereocenters. The van der Waals surface area contributed by atoms with Gasteiger partial charge in [0, 0.05) is 0 Å². The molecule has 98 valence electrons. The molecule has 0 aromatic heterocycles. The summed E-state index contributed by atoms with van der Waals surface area (Å²) in [6.45, 7) is 4.64. The van der Waals surface area contributed by atoms with Gasteiger partial charge in [-0.15, -0.1) is 0 Å². The fraction of sp³-hybridized carbons (Fsp3) is 0.294. The molecule has 19 heavy (non-hydrogen) atoms. The van der Waals surface area contributed by atoms with Crippen LogP contribution in [-0.2, 0) is 5.41 Å². The van der Waals surface area contributed by atoms with Crippen LogP contribution in [0.3, 0.4) is 0 Å². The van der Waals surface area contributed by atoms with Crippen molar-refractivity contribution in [3.63, 3.8) is 0 Å². The molecule has 2 aromatic carbocycles. The molecule has 0 amide bonds. The van der Waals surface area contributed by atoms with Crippen molar-refractivity contribution in [2.24, 2.45) is 0 Å². The summed E-state index contributed by atoms with van der Waals surface area (Å²) >= 11 is 0.472. The maximum absolute atomic E-state index is 5.98. The normalized spacial score (nSPS) is 22.3. The van der Waals surface area contributed by atoms with Gasteiger partial charge in [0.2, 0.25) is 0 Å². The quantitative estimate of drug-likeness (QED) is 0.452. The number of anilines is 1. The second kappa shape index (κ2) is 3.75. The predicted molar refractivity (Wildman–Crippen MR) is 76.0 cm³/mol. The summed E-state index contributed by atoms with van der Waals surface area (Å²) in [6.07, 6.45) is 0. The Bertz CT molecular complexity index is 684. The predicted octanol–water partition coefficient (Wildman–Crippen LogP) is 0.719. The van der Waals surface area contributed by atoms with Gasteiger partial charge >= 0.3 is 124 Å². The second-order valence-corrected chi connectivity index (χ2v) is 9.28. The molecular formula is C17H17IN-. The summed E-state index contributed by atoms with van der Waals surface area (Å²) in [4.78, 5) is 0. The van der Waals surface area contributed by atoms with Crippen LogP contribution in [0.5, 0.6) is 0 Å². The number of rotatable bonds is 1. The zero-order valence-electron chi connectivity index (χ0n) is 11.2. The van der Waals surface area contributed by atoms with Crippen LogP contribution in [0.25, 0.3) is 11.1 Å². The van der Waals surface area contributed by atoms with Gasteiger partial charge in [-0.05, 0) is 0 Å². The Morgan fingerprint density at radius 3 is 2.37 bits per heavy atom. The van der Waals surface area contributed by atoms with Gasteiger partial charge in [-0.3, -0.25) is 0 Å². The molecule has 0 radical (unpaired) electrons. The van der Waals surface area contributed by atoms with E-state index in [1.807, 2.05) is 6.07 Å². The molecule has 1 aliphatic carbocycles. The first-order valence-electron chi connectivity index (χ1n) is 6.70. The van der Waals surface area contributed by atoms with E-state index in [1.165, 1.54) is 26.7 Å². The molecule has 2 aromatic rings. The Labute approximate surface area is 124 Å². The molecule has 0 saturated carbocycles. The first-order valence-corrected chi connectivity index (χ1v) is 9.47. The third kappa shape index (κ3) is 1.65. The van der Waals surface area contributed by atoms with Crippen molar-refractivity contribution in [1.29, 1.82) is 0 Å². The zero-order valence-corrected chi connectivity index (χ0v) is 13.4. The molecule has 1 saturated heterocycles. The number of hydrogen-bond donors (Lipinski definition) is 1. The third-order valence-electron chi connectivity index (χ3n) is 4.39. The summed E-state index contributed by atoms with van der Waals surface area (Å²) in [5.74, 6) is 0. The summed E-state index contributed by atoms with van der Waals surface area (Å²) in [5.41, 5.74) is 14.1. The Kier molecular flexibility index (Phi) is 2.32. The number of fused-ring (bicyclic) bond motifs is 3. The van der Waals surface area contributed by atoms with Gasteiger partial charge in [0.1, 0.15) is 0 Å². The molecule has 1 unspecified atom stereocenters. The van der Waals surface area contributed by atoms with Crippen LogP contribution in [0, 0.1) is 0 Å². The number of alkyl halides is 2. The molecule has 0 bridgehead atoms. The van der Waals surface area contributed by atoms with Gasteiger partial charge < -0.3 is 0 Å². The minimum absolute atomic E-state index is 0.0866. The van der Waals surface area contributed by atoms with E-state index in [1.54, 1.807) is 5.56 Å². The van der Waals surface area contributed by atoms with Crippen molar-refractivity contribution in [2.45, 2.75) is 23.2 Å². The van der Waals surface area contributed by atoms with E-state index in [0.717, 1.165) is 9.61 Å². The fourth-order valence-electron chi connectivity index (χ4n) is 3.19. The Morgan fingerprint density at radius 2 is 1.68 bits per heavy atom. The van der Waals surface area contributed by atoms with E-state index < -0.39 is 0 Å². The molecule has 1 aliphatic heterocycles. The van der Waals surface area contributed by atoms with Crippen molar-refractivity contribution in [3.8, 4) is 11.1 Å². The summed E-state index contributed by atoms with van der Waals surface area (Å²) in [7, 11) is 0. The standard InChI is InChI=1S/C17H17IN/c1-17(2)14-7-10(16-9-18-16)3-5-12(14)13-6-4-11(19)8-15(13)17/h3-8,16H,9,19H2,1-2H3/q-1. The third-order valence-corrected chi connectivity index (χ3v) is 6.88. The van der Waals surface area contributed by atoms with E-state index >= 15 is 0 Å². The molecule has 2 heteroatoms. The fourth-order valence-corrected chi connectivity index (χ4v) is 4.85. The maximum atomic E-state index is 5.98. The van der Waals surface area contributed by atoms with Gasteiger partial charge in [0.15, 0.2) is 0 Å². The van der Waals surface area contributed by atoms with Crippen molar-refractivity contribution in [1.82, 2.24) is 0 Å². The Hall–Kier alpha value is -1.03. The van der Waals surface area contributed by atoms with Crippen LogP contribution in [0.4, 0.5) is 5.69 Å². The van der Waals surface area contributed by atoms with Crippen molar-refractivity contribution >= 4 is 5.69 Å². The summed E-state index contributed by atoms with van der Waals surface area (Å²) < 4.78 is 2.39. The van der Waals surface area contributed by atoms with E-state index in [4.69, 9.17) is 5.73 Å². The molecule has 1 fully saturated rings. The summed E-state index contributed by atoms with van der Waals surface area (Å²) in [5, 5.41) is 0. The van der Waals surface area contributed by atoms with Crippen LogP contribution in [-0.4, -0.2) is 4.43 Å². The molecule has 1 heterocycles. The average molecular weight is 362 g/mol. The Balaban J connectivity index is 1.96. The molecule has 2 N–H and O–H groups in total. The zero-order chi connectivity index (χ0) is 13.2. The van der Waals surface area contributed by atoms with E-state index in [2.05, 4.69) is 44.2 Å². The van der Waals surface area contributed by atoms with Crippen LogP contribution in [0.15, 0.2) is 36.4 Å². The molecule has 1 nitrogen and oxygen atoms in total. The first kappa shape index (κ1) is 11.8. The number of benzene rings is 2. The van der Waals surface area contributed by atoms with Crippen LogP contribution in [0.1, 0.15) is 34.5 Å². The second-order valence-electron chi connectivity index (χ2n) is 6.01. The van der Waals surface area contributed by atoms with Gasteiger partial charge in [0.25, 0.3) is 0 Å².